The molecule has 0 spiro atoms. The van der Waals surface area contributed by atoms with Gasteiger partial charge in [0, 0.05) is 18.4 Å². The molecular weight excluding hydrogens is 288 g/mol. The topological polar surface area (TPSA) is 72.6 Å². The third-order valence-electron chi connectivity index (χ3n) is 3.36. The molecule has 0 atom stereocenters. The van der Waals surface area contributed by atoms with E-state index in [2.05, 4.69) is 0 Å². The molecule has 1 aliphatic rings. The van der Waals surface area contributed by atoms with Crippen molar-refractivity contribution >= 4 is 29.0 Å². The zero-order valence-electron chi connectivity index (χ0n) is 11.7. The van der Waals surface area contributed by atoms with Crippen molar-refractivity contribution in [2.45, 2.75) is 25.7 Å². The molecule has 0 aliphatic carbocycles. The fraction of sp³-hybridized carbons (Fsp3) is 0.400. The molecule has 1 heterocycles. The van der Waals surface area contributed by atoms with Gasteiger partial charge in [-0.15, -0.1) is 0 Å². The van der Waals surface area contributed by atoms with Crippen LogP contribution in [0.15, 0.2) is 24.3 Å². The number of hydrogen-bond acceptors (Lipinski definition) is 4. The fourth-order valence-electron chi connectivity index (χ4n) is 2.18. The number of benzene rings is 1. The van der Waals surface area contributed by atoms with Gasteiger partial charge in [0.25, 0.3) is 0 Å². The quantitative estimate of drug-likeness (QED) is 0.661. The van der Waals surface area contributed by atoms with Crippen LogP contribution in [0, 0.1) is 0 Å². The van der Waals surface area contributed by atoms with Crippen molar-refractivity contribution in [3.05, 3.63) is 29.8 Å². The first-order valence-electron chi connectivity index (χ1n) is 6.94. The summed E-state index contributed by atoms with van der Waals surface area (Å²) in [5.74, 6) is 0.444. The summed E-state index contributed by atoms with van der Waals surface area (Å²) in [6, 6.07) is 7.08. The van der Waals surface area contributed by atoms with Gasteiger partial charge in [-0.1, -0.05) is 12.2 Å². The van der Waals surface area contributed by atoms with Crippen LogP contribution < -0.4 is 10.5 Å². The number of imide groups is 1. The minimum Gasteiger partial charge on any atom is -0.492 e. The molecule has 0 radical (unpaired) electrons. The van der Waals surface area contributed by atoms with Crippen LogP contribution >= 0.6 is 12.2 Å². The normalized spacial score (nSPS) is 15.7. The van der Waals surface area contributed by atoms with E-state index in [-0.39, 0.29) is 25.0 Å². The maximum atomic E-state index is 11.8. The number of hydrogen-bond donors (Lipinski definition) is 1. The second-order valence-electron chi connectivity index (χ2n) is 4.88. The minimum atomic E-state index is -0.107. The first-order chi connectivity index (χ1) is 10.1. The largest absolute Gasteiger partial charge is 0.492 e. The Morgan fingerprint density at radius 1 is 1.14 bits per heavy atom. The molecule has 6 heteroatoms. The first-order valence-corrected chi connectivity index (χ1v) is 7.34. The Balaban J connectivity index is 1.86. The van der Waals surface area contributed by atoms with E-state index >= 15 is 0 Å². The molecule has 2 rings (SSSR count). The SMILES string of the molecule is NC(=S)c1ccc(OCCN2C(=O)CCCCC2=O)cc1. The fourth-order valence-corrected chi connectivity index (χ4v) is 2.32. The highest BCUT2D eigenvalue weighted by Crippen LogP contribution is 2.14. The Labute approximate surface area is 129 Å². The van der Waals surface area contributed by atoms with Crippen molar-refractivity contribution in [3.63, 3.8) is 0 Å². The summed E-state index contributed by atoms with van der Waals surface area (Å²) in [5.41, 5.74) is 6.29. The average molecular weight is 306 g/mol. The van der Waals surface area contributed by atoms with Crippen molar-refractivity contribution < 1.29 is 14.3 Å². The highest BCUT2D eigenvalue weighted by Gasteiger charge is 2.23. The number of carbonyl (C=O) groups excluding carboxylic acids is 2. The Bertz CT molecular complexity index is 524. The number of likely N-dealkylation sites (tertiary alicyclic amines) is 1. The summed E-state index contributed by atoms with van der Waals surface area (Å²) in [6.45, 7) is 0.568. The smallest absolute Gasteiger partial charge is 0.229 e. The number of amides is 2. The van der Waals surface area contributed by atoms with E-state index in [4.69, 9.17) is 22.7 Å². The molecule has 1 aromatic rings. The lowest BCUT2D eigenvalue weighted by Crippen LogP contribution is -2.38. The summed E-state index contributed by atoms with van der Waals surface area (Å²) < 4.78 is 5.55. The van der Waals surface area contributed by atoms with Gasteiger partial charge in [0.2, 0.25) is 11.8 Å². The van der Waals surface area contributed by atoms with Crippen molar-refractivity contribution in [2.75, 3.05) is 13.2 Å². The predicted molar refractivity (Wildman–Crippen MR) is 83.0 cm³/mol. The lowest BCUT2D eigenvalue weighted by Gasteiger charge is -2.18. The summed E-state index contributed by atoms with van der Waals surface area (Å²) in [4.78, 5) is 25.3. The number of nitrogens with zero attached hydrogens (tertiary/aromatic N) is 1. The van der Waals surface area contributed by atoms with Crippen LogP contribution in [0.4, 0.5) is 0 Å². The van der Waals surface area contributed by atoms with Crippen LogP contribution in [0.2, 0.25) is 0 Å². The van der Waals surface area contributed by atoms with Crippen LogP contribution in [-0.2, 0) is 9.59 Å². The molecule has 112 valence electrons. The minimum absolute atomic E-state index is 0.107. The third kappa shape index (κ3) is 4.26. The van der Waals surface area contributed by atoms with E-state index in [9.17, 15) is 9.59 Å². The van der Waals surface area contributed by atoms with E-state index in [0.29, 0.717) is 23.6 Å². The Hall–Kier alpha value is -1.95. The van der Waals surface area contributed by atoms with Crippen LogP contribution in [0.1, 0.15) is 31.2 Å². The van der Waals surface area contributed by atoms with E-state index in [1.54, 1.807) is 24.3 Å². The Morgan fingerprint density at radius 3 is 2.24 bits per heavy atom. The molecule has 0 aromatic heterocycles. The van der Waals surface area contributed by atoms with Gasteiger partial charge in [-0.2, -0.15) is 0 Å². The van der Waals surface area contributed by atoms with Crippen LogP contribution in [0.5, 0.6) is 5.75 Å². The first kappa shape index (κ1) is 15.4. The monoisotopic (exact) mass is 306 g/mol. The summed E-state index contributed by atoms with van der Waals surface area (Å²) in [6.07, 6.45) is 2.44. The molecule has 1 fully saturated rings. The molecule has 0 saturated carbocycles. The zero-order valence-corrected chi connectivity index (χ0v) is 12.5. The predicted octanol–water partition coefficient (Wildman–Crippen LogP) is 1.63. The molecule has 1 saturated heterocycles. The highest BCUT2D eigenvalue weighted by molar-refractivity contribution is 7.80. The van der Waals surface area contributed by atoms with Gasteiger partial charge in [-0.25, -0.2) is 0 Å². The van der Waals surface area contributed by atoms with Crippen molar-refractivity contribution in [1.82, 2.24) is 4.90 Å². The van der Waals surface area contributed by atoms with Crippen LogP contribution in [0.25, 0.3) is 0 Å². The Kier molecular flexibility index (Phi) is 5.27. The lowest BCUT2D eigenvalue weighted by molar-refractivity contribution is -0.144. The maximum Gasteiger partial charge on any atom is 0.229 e. The highest BCUT2D eigenvalue weighted by atomic mass is 32.1. The average Bonchev–Trinajstić information content (AvgIpc) is 2.62. The van der Waals surface area contributed by atoms with Crippen molar-refractivity contribution in [2.24, 2.45) is 5.73 Å². The molecule has 2 N–H and O–H groups in total. The molecule has 1 aliphatic heterocycles. The molecule has 21 heavy (non-hydrogen) atoms. The number of rotatable bonds is 5. The molecule has 0 unspecified atom stereocenters. The lowest BCUT2D eigenvalue weighted by atomic mass is 10.2. The van der Waals surface area contributed by atoms with E-state index < -0.39 is 0 Å². The number of nitrogens with two attached hydrogens (primary N) is 1. The van der Waals surface area contributed by atoms with Gasteiger partial charge in [-0.05, 0) is 37.1 Å². The summed E-state index contributed by atoms with van der Waals surface area (Å²) in [7, 11) is 0. The van der Waals surface area contributed by atoms with Crippen molar-refractivity contribution in [1.29, 1.82) is 0 Å². The van der Waals surface area contributed by atoms with E-state index in [1.807, 2.05) is 0 Å². The number of thiocarbonyl (C=S) groups is 1. The second kappa shape index (κ2) is 7.17. The van der Waals surface area contributed by atoms with E-state index in [0.717, 1.165) is 18.4 Å². The Morgan fingerprint density at radius 2 is 1.71 bits per heavy atom. The maximum absolute atomic E-state index is 11.8. The van der Waals surface area contributed by atoms with Gasteiger partial charge in [0.15, 0.2) is 0 Å². The standard InChI is InChI=1S/C15H18N2O3S/c16-15(21)11-5-7-12(8-6-11)20-10-9-17-13(18)3-1-2-4-14(17)19/h5-8H,1-4,9-10H2,(H2,16,21). The molecule has 1 aromatic carbocycles. The summed E-state index contributed by atoms with van der Waals surface area (Å²) >= 11 is 4.87. The number of carbonyl (C=O) groups is 2. The van der Waals surface area contributed by atoms with Gasteiger partial charge < -0.3 is 10.5 Å². The molecule has 0 bridgehead atoms. The van der Waals surface area contributed by atoms with Crippen molar-refractivity contribution in [3.8, 4) is 5.75 Å². The second-order valence-corrected chi connectivity index (χ2v) is 5.32. The molecule has 2 amide bonds. The zero-order chi connectivity index (χ0) is 15.2. The summed E-state index contributed by atoms with van der Waals surface area (Å²) in [5, 5.41) is 0. The van der Waals surface area contributed by atoms with Crippen LogP contribution in [-0.4, -0.2) is 34.9 Å². The molecular formula is C15H18N2O3S. The van der Waals surface area contributed by atoms with Gasteiger partial charge in [0.1, 0.15) is 17.3 Å². The van der Waals surface area contributed by atoms with Gasteiger partial charge in [0.05, 0.1) is 6.54 Å². The number of ether oxygens (including phenoxy) is 1. The van der Waals surface area contributed by atoms with Crippen LogP contribution in [0.3, 0.4) is 0 Å². The third-order valence-corrected chi connectivity index (χ3v) is 3.59. The van der Waals surface area contributed by atoms with Gasteiger partial charge >= 0.3 is 0 Å². The molecule has 5 nitrogen and oxygen atoms in total. The van der Waals surface area contributed by atoms with E-state index in [1.165, 1.54) is 4.90 Å². The van der Waals surface area contributed by atoms with Gasteiger partial charge in [-0.3, -0.25) is 14.5 Å².